The third kappa shape index (κ3) is 4.49. The lowest BCUT2D eigenvalue weighted by Gasteiger charge is -2.26. The zero-order valence-corrected chi connectivity index (χ0v) is 21.5. The highest BCUT2D eigenvalue weighted by atomic mass is 32.1. The fourth-order valence-electron chi connectivity index (χ4n) is 5.38. The molecule has 1 N–H and O–H groups in total. The van der Waals surface area contributed by atoms with Crippen molar-refractivity contribution in [2.45, 2.75) is 38.3 Å². The van der Waals surface area contributed by atoms with Crippen LogP contribution in [0.15, 0.2) is 29.2 Å². The van der Waals surface area contributed by atoms with Crippen LogP contribution in [-0.4, -0.2) is 64.4 Å². The molecule has 2 aliphatic rings. The minimum absolute atomic E-state index is 0.0941. The molecule has 5 heterocycles. The number of amides is 1. The van der Waals surface area contributed by atoms with Gasteiger partial charge >= 0.3 is 6.18 Å². The van der Waals surface area contributed by atoms with Gasteiger partial charge in [0, 0.05) is 32.4 Å². The van der Waals surface area contributed by atoms with Gasteiger partial charge in [0.25, 0.3) is 5.91 Å². The second-order valence-electron chi connectivity index (χ2n) is 9.89. The highest BCUT2D eigenvalue weighted by Gasteiger charge is 2.32. The van der Waals surface area contributed by atoms with Crippen LogP contribution in [-0.2, 0) is 6.18 Å². The molecule has 8 nitrogen and oxygen atoms in total. The first kappa shape index (κ1) is 25.1. The molecule has 38 heavy (non-hydrogen) atoms. The smallest absolute Gasteiger partial charge is 0.351 e. The molecule has 0 radical (unpaired) electrons. The van der Waals surface area contributed by atoms with Crippen molar-refractivity contribution < 1.29 is 18.0 Å². The van der Waals surface area contributed by atoms with E-state index < -0.39 is 23.1 Å². The summed E-state index contributed by atoms with van der Waals surface area (Å²) in [4.78, 5) is 40.6. The number of carbonyl (C=O) groups excluding carboxylic acids is 1. The second kappa shape index (κ2) is 9.81. The van der Waals surface area contributed by atoms with Crippen molar-refractivity contribution in [2.24, 2.45) is 0 Å². The van der Waals surface area contributed by atoms with Gasteiger partial charge in [0.2, 0.25) is 11.4 Å². The number of nitrogens with one attached hydrogen (secondary N) is 1. The van der Waals surface area contributed by atoms with Gasteiger partial charge < -0.3 is 15.1 Å². The minimum atomic E-state index is -4.54. The summed E-state index contributed by atoms with van der Waals surface area (Å²) in [7, 11) is 0. The van der Waals surface area contributed by atoms with E-state index in [2.05, 4.69) is 20.2 Å². The van der Waals surface area contributed by atoms with Gasteiger partial charge in [0.05, 0.1) is 21.2 Å². The molecular weight excluding hydrogens is 517 g/mol. The summed E-state index contributed by atoms with van der Waals surface area (Å²) in [6.07, 6.45) is 2.29. The predicted molar refractivity (Wildman–Crippen MR) is 141 cm³/mol. The zero-order chi connectivity index (χ0) is 26.4. The predicted octanol–water partition coefficient (Wildman–Crippen LogP) is 4.29. The van der Waals surface area contributed by atoms with Gasteiger partial charge in [-0.25, -0.2) is 4.98 Å². The van der Waals surface area contributed by atoms with Crippen LogP contribution in [0.25, 0.3) is 26.1 Å². The number of rotatable bonds is 5. The number of pyridine rings is 1. The van der Waals surface area contributed by atoms with E-state index in [-0.39, 0.29) is 26.9 Å². The van der Waals surface area contributed by atoms with Gasteiger partial charge in [-0.1, -0.05) is 6.42 Å². The molecule has 0 saturated carbocycles. The Morgan fingerprint density at radius 3 is 2.53 bits per heavy atom. The SMILES string of the molecule is O=C(NCCN1CCCCC1)c1c(=O)c2cnc(N3CCCC3)nc2n2c1sc1ccc(C(F)(F)F)cc12. The van der Waals surface area contributed by atoms with Crippen LogP contribution < -0.4 is 15.6 Å². The lowest BCUT2D eigenvalue weighted by molar-refractivity contribution is -0.137. The molecule has 0 atom stereocenters. The van der Waals surface area contributed by atoms with Crippen LogP contribution in [0.1, 0.15) is 48.0 Å². The zero-order valence-electron chi connectivity index (χ0n) is 20.7. The van der Waals surface area contributed by atoms with E-state index in [1.54, 1.807) is 0 Å². The van der Waals surface area contributed by atoms with Crippen LogP contribution in [0.4, 0.5) is 19.1 Å². The van der Waals surface area contributed by atoms with E-state index >= 15 is 0 Å². The van der Waals surface area contributed by atoms with Crippen molar-refractivity contribution in [3.8, 4) is 0 Å². The van der Waals surface area contributed by atoms with E-state index in [1.165, 1.54) is 23.1 Å². The molecule has 1 aromatic carbocycles. The molecule has 2 saturated heterocycles. The van der Waals surface area contributed by atoms with Crippen molar-refractivity contribution in [1.82, 2.24) is 24.6 Å². The largest absolute Gasteiger partial charge is 0.416 e. The summed E-state index contributed by atoms with van der Waals surface area (Å²) in [6.45, 7) is 4.54. The Hall–Kier alpha value is -3.25. The summed E-state index contributed by atoms with van der Waals surface area (Å²) < 4.78 is 42.9. The number of likely N-dealkylation sites (tertiary alicyclic amines) is 1. The third-order valence-electron chi connectivity index (χ3n) is 7.37. The van der Waals surface area contributed by atoms with Gasteiger partial charge in [0.1, 0.15) is 10.4 Å². The second-order valence-corrected chi connectivity index (χ2v) is 10.9. The highest BCUT2D eigenvalue weighted by molar-refractivity contribution is 7.24. The quantitative estimate of drug-likeness (QED) is 0.404. The number of carbonyl (C=O) groups is 1. The maximum atomic E-state index is 13.6. The van der Waals surface area contributed by atoms with Crippen LogP contribution in [0.2, 0.25) is 0 Å². The molecule has 3 aromatic heterocycles. The monoisotopic (exact) mass is 544 g/mol. The summed E-state index contributed by atoms with van der Waals surface area (Å²) in [5, 5.41) is 2.96. The van der Waals surface area contributed by atoms with Crippen LogP contribution in [0.5, 0.6) is 0 Å². The first-order chi connectivity index (χ1) is 18.3. The van der Waals surface area contributed by atoms with Crippen LogP contribution >= 0.6 is 11.3 Å². The molecule has 0 aliphatic carbocycles. The fraction of sp³-hybridized carbons (Fsp3) is 0.462. The van der Waals surface area contributed by atoms with E-state index in [1.807, 2.05) is 4.90 Å². The lowest BCUT2D eigenvalue weighted by Crippen LogP contribution is -2.38. The molecule has 12 heteroatoms. The number of alkyl halides is 3. The molecule has 0 unspecified atom stereocenters. The Labute approximate surface area is 220 Å². The number of anilines is 1. The Balaban J connectivity index is 1.50. The number of hydrogen-bond acceptors (Lipinski definition) is 7. The number of aromatic nitrogens is 3. The molecule has 0 spiro atoms. The van der Waals surface area contributed by atoms with Crippen molar-refractivity contribution in [1.29, 1.82) is 0 Å². The average Bonchev–Trinajstić information content (AvgIpc) is 3.57. The highest BCUT2D eigenvalue weighted by Crippen LogP contribution is 2.36. The average molecular weight is 545 g/mol. The summed E-state index contributed by atoms with van der Waals surface area (Å²) >= 11 is 1.11. The molecule has 2 fully saturated rings. The Bertz CT molecular complexity index is 1590. The molecule has 0 bridgehead atoms. The Morgan fingerprint density at radius 1 is 1.05 bits per heavy atom. The fourth-order valence-corrected chi connectivity index (χ4v) is 6.54. The van der Waals surface area contributed by atoms with Crippen molar-refractivity contribution in [3.05, 3.63) is 45.7 Å². The maximum Gasteiger partial charge on any atom is 0.416 e. The topological polar surface area (TPSA) is 82.8 Å². The van der Waals surface area contributed by atoms with Gasteiger partial charge in [0.15, 0.2) is 5.65 Å². The normalized spacial score (nSPS) is 17.2. The number of hydrogen-bond donors (Lipinski definition) is 1. The Kier molecular flexibility index (Phi) is 6.47. The standard InChI is InChI=1S/C26H27F3N6O2S/c27-26(28,29)16-6-7-19-18(14-16)35-22-17(15-31-25(32-22)34-11-4-5-12-34)21(36)20(24(35)38-19)23(37)30-8-13-33-9-2-1-3-10-33/h6-7,14-15H,1-5,8-13H2,(H,30,37). The molecular formula is C26H27F3N6O2S. The third-order valence-corrected chi connectivity index (χ3v) is 8.51. The molecule has 200 valence electrons. The minimum Gasteiger partial charge on any atom is -0.351 e. The van der Waals surface area contributed by atoms with Gasteiger partial charge in [-0.15, -0.1) is 11.3 Å². The molecule has 2 aliphatic heterocycles. The lowest BCUT2D eigenvalue weighted by atomic mass is 10.1. The number of fused-ring (bicyclic) bond motifs is 5. The molecule has 6 rings (SSSR count). The first-order valence-corrected chi connectivity index (χ1v) is 13.7. The van der Waals surface area contributed by atoms with E-state index in [4.69, 9.17) is 0 Å². The van der Waals surface area contributed by atoms with Crippen LogP contribution in [0, 0.1) is 0 Å². The number of piperidine rings is 1. The van der Waals surface area contributed by atoms with Gasteiger partial charge in [-0.3, -0.25) is 14.0 Å². The van der Waals surface area contributed by atoms with Crippen molar-refractivity contribution in [2.75, 3.05) is 44.2 Å². The van der Waals surface area contributed by atoms with Crippen LogP contribution in [0.3, 0.4) is 0 Å². The summed E-state index contributed by atoms with van der Waals surface area (Å²) in [5.41, 5.74) is -0.969. The van der Waals surface area contributed by atoms with Gasteiger partial charge in [-0.05, 0) is 57.0 Å². The molecule has 1 amide bonds. The number of nitrogens with zero attached hydrogens (tertiary/aromatic N) is 5. The first-order valence-electron chi connectivity index (χ1n) is 12.9. The summed E-state index contributed by atoms with van der Waals surface area (Å²) in [6, 6.07) is 3.45. The maximum absolute atomic E-state index is 13.6. The van der Waals surface area contributed by atoms with Crippen molar-refractivity contribution >= 4 is 49.3 Å². The number of halogens is 3. The van der Waals surface area contributed by atoms with E-state index in [0.29, 0.717) is 23.7 Å². The Morgan fingerprint density at radius 2 is 1.79 bits per heavy atom. The van der Waals surface area contributed by atoms with Gasteiger partial charge in [-0.2, -0.15) is 18.2 Å². The van der Waals surface area contributed by atoms with E-state index in [9.17, 15) is 22.8 Å². The van der Waals surface area contributed by atoms with Crippen molar-refractivity contribution in [3.63, 3.8) is 0 Å². The number of thiazole rings is 1. The molecule has 4 aromatic rings. The van der Waals surface area contributed by atoms with E-state index in [0.717, 1.165) is 75.3 Å². The number of benzene rings is 1. The summed E-state index contributed by atoms with van der Waals surface area (Å²) in [5.74, 6) is -0.120.